The normalized spacial score (nSPS) is 11.3. The summed E-state index contributed by atoms with van der Waals surface area (Å²) in [5.74, 6) is -0.620. The third-order valence-electron chi connectivity index (χ3n) is 2.99. The lowest BCUT2D eigenvalue weighted by atomic mass is 10.1. The Bertz CT molecular complexity index is 653. The number of halogens is 2. The van der Waals surface area contributed by atoms with Gasteiger partial charge in [0, 0.05) is 12.1 Å². The van der Waals surface area contributed by atoms with Crippen molar-refractivity contribution < 1.29 is 8.78 Å². The molecular formula is C14H10F2N2. The Labute approximate surface area is 102 Å². The Balaban J connectivity index is 2.43. The van der Waals surface area contributed by atoms with Gasteiger partial charge in [-0.1, -0.05) is 0 Å². The van der Waals surface area contributed by atoms with Gasteiger partial charge in [-0.3, -0.25) is 0 Å². The van der Waals surface area contributed by atoms with E-state index in [1.54, 1.807) is 26.0 Å². The van der Waals surface area contributed by atoms with E-state index in [1.807, 2.05) is 0 Å². The number of fused-ring (bicyclic) bond motifs is 2. The predicted molar refractivity (Wildman–Crippen MR) is 66.4 cm³/mol. The van der Waals surface area contributed by atoms with Crippen molar-refractivity contribution in [2.24, 2.45) is 0 Å². The zero-order valence-electron chi connectivity index (χ0n) is 9.96. The van der Waals surface area contributed by atoms with Crippen molar-refractivity contribution in [2.45, 2.75) is 13.8 Å². The smallest absolute Gasteiger partial charge is 0.128 e. The van der Waals surface area contributed by atoms with Gasteiger partial charge in [0.25, 0.3) is 0 Å². The fourth-order valence-electron chi connectivity index (χ4n) is 1.93. The highest BCUT2D eigenvalue weighted by Gasteiger charge is 2.07. The quantitative estimate of drug-likeness (QED) is 0.564. The number of hydrogen-bond acceptors (Lipinski definition) is 2. The van der Waals surface area contributed by atoms with Crippen molar-refractivity contribution in [3.8, 4) is 0 Å². The maximum absolute atomic E-state index is 13.5. The van der Waals surface area contributed by atoms with Crippen LogP contribution in [0.4, 0.5) is 8.78 Å². The maximum atomic E-state index is 13.5. The summed E-state index contributed by atoms with van der Waals surface area (Å²) in [5.41, 5.74) is 3.12. The molecule has 0 spiro atoms. The third-order valence-corrected chi connectivity index (χ3v) is 2.99. The highest BCUT2D eigenvalue weighted by Crippen LogP contribution is 2.21. The third kappa shape index (κ3) is 1.61. The number of hydrogen-bond donors (Lipinski definition) is 0. The van der Waals surface area contributed by atoms with E-state index < -0.39 is 0 Å². The number of nitrogens with zero attached hydrogens (tertiary/aromatic N) is 2. The molecule has 0 fully saturated rings. The molecular weight excluding hydrogens is 234 g/mol. The standard InChI is InChI=1S/C14H10F2N2/c1-7-3-11-13(5-9(7)15)18-12-4-8(2)10(16)6-14(12)17-11/h3-6H,1-2H3. The topological polar surface area (TPSA) is 25.8 Å². The van der Waals surface area contributed by atoms with Crippen molar-refractivity contribution >= 4 is 22.1 Å². The summed E-state index contributed by atoms with van der Waals surface area (Å²) in [4.78, 5) is 8.62. The van der Waals surface area contributed by atoms with Crippen LogP contribution in [0.2, 0.25) is 0 Å². The Morgan fingerprint density at radius 2 is 1.00 bits per heavy atom. The minimum absolute atomic E-state index is 0.310. The molecule has 1 aromatic heterocycles. The van der Waals surface area contributed by atoms with Gasteiger partial charge in [-0.15, -0.1) is 0 Å². The number of aryl methyl sites for hydroxylation is 2. The van der Waals surface area contributed by atoms with Crippen molar-refractivity contribution in [3.63, 3.8) is 0 Å². The Morgan fingerprint density at radius 3 is 1.39 bits per heavy atom. The first-order chi connectivity index (χ1) is 8.54. The van der Waals surface area contributed by atoms with Crippen LogP contribution in [0.15, 0.2) is 24.3 Å². The van der Waals surface area contributed by atoms with E-state index in [1.165, 1.54) is 12.1 Å². The average molecular weight is 244 g/mol. The van der Waals surface area contributed by atoms with E-state index in [2.05, 4.69) is 9.97 Å². The number of benzene rings is 2. The molecule has 0 atom stereocenters. The molecule has 3 aromatic rings. The SMILES string of the molecule is Cc1cc2nc3cc(F)c(C)cc3nc2cc1F. The number of rotatable bonds is 0. The minimum atomic E-state index is -0.310. The molecule has 18 heavy (non-hydrogen) atoms. The zero-order chi connectivity index (χ0) is 12.9. The van der Waals surface area contributed by atoms with Crippen molar-refractivity contribution in [1.82, 2.24) is 9.97 Å². The highest BCUT2D eigenvalue weighted by molar-refractivity contribution is 5.86. The van der Waals surface area contributed by atoms with E-state index in [9.17, 15) is 8.78 Å². The van der Waals surface area contributed by atoms with E-state index >= 15 is 0 Å². The van der Waals surface area contributed by atoms with Crippen LogP contribution in [-0.2, 0) is 0 Å². The second-order valence-electron chi connectivity index (χ2n) is 4.40. The summed E-state index contributed by atoms with van der Waals surface area (Å²) in [6, 6.07) is 5.95. The molecule has 0 amide bonds. The fraction of sp³-hybridized carbons (Fsp3) is 0.143. The molecule has 3 rings (SSSR count). The molecule has 2 nitrogen and oxygen atoms in total. The van der Waals surface area contributed by atoms with Gasteiger partial charge in [0.15, 0.2) is 0 Å². The van der Waals surface area contributed by atoms with Crippen molar-refractivity contribution in [2.75, 3.05) is 0 Å². The van der Waals surface area contributed by atoms with Crippen LogP contribution < -0.4 is 0 Å². The fourth-order valence-corrected chi connectivity index (χ4v) is 1.93. The van der Waals surface area contributed by atoms with Gasteiger partial charge in [-0.05, 0) is 37.1 Å². The van der Waals surface area contributed by atoms with Crippen LogP contribution in [0, 0.1) is 25.5 Å². The molecule has 0 unspecified atom stereocenters. The minimum Gasteiger partial charge on any atom is -0.244 e. The van der Waals surface area contributed by atoms with Crippen LogP contribution in [0.5, 0.6) is 0 Å². The van der Waals surface area contributed by atoms with Crippen LogP contribution in [0.1, 0.15) is 11.1 Å². The Kier molecular flexibility index (Phi) is 2.26. The van der Waals surface area contributed by atoms with E-state index in [0.717, 1.165) is 0 Å². The average Bonchev–Trinajstić information content (AvgIpc) is 2.31. The molecule has 0 saturated heterocycles. The van der Waals surface area contributed by atoms with Crippen LogP contribution >= 0.6 is 0 Å². The molecule has 2 aromatic carbocycles. The maximum Gasteiger partial charge on any atom is 0.128 e. The first kappa shape index (κ1) is 11.0. The highest BCUT2D eigenvalue weighted by atomic mass is 19.1. The first-order valence-electron chi connectivity index (χ1n) is 5.58. The summed E-state index contributed by atoms with van der Waals surface area (Å²) < 4.78 is 26.9. The molecule has 0 bridgehead atoms. The molecule has 1 heterocycles. The lowest BCUT2D eigenvalue weighted by molar-refractivity contribution is 0.619. The molecule has 4 heteroatoms. The van der Waals surface area contributed by atoms with Crippen LogP contribution in [-0.4, -0.2) is 9.97 Å². The second kappa shape index (κ2) is 3.70. The van der Waals surface area contributed by atoms with Gasteiger partial charge in [0.1, 0.15) is 11.6 Å². The molecule has 0 aliphatic heterocycles. The lowest BCUT2D eigenvalue weighted by Crippen LogP contribution is -1.93. The largest absolute Gasteiger partial charge is 0.244 e. The molecule has 0 aliphatic carbocycles. The number of aromatic nitrogens is 2. The molecule has 0 N–H and O–H groups in total. The van der Waals surface area contributed by atoms with Gasteiger partial charge in [-0.25, -0.2) is 18.7 Å². The molecule has 0 saturated carbocycles. The summed E-state index contributed by atoms with van der Waals surface area (Å²) in [6.45, 7) is 3.33. The predicted octanol–water partition coefficient (Wildman–Crippen LogP) is 3.68. The summed E-state index contributed by atoms with van der Waals surface area (Å²) >= 11 is 0. The van der Waals surface area contributed by atoms with Gasteiger partial charge in [0.2, 0.25) is 0 Å². The summed E-state index contributed by atoms with van der Waals surface area (Å²) in [6.07, 6.45) is 0. The second-order valence-corrected chi connectivity index (χ2v) is 4.40. The summed E-state index contributed by atoms with van der Waals surface area (Å²) in [5, 5.41) is 0. The molecule has 90 valence electrons. The van der Waals surface area contributed by atoms with Crippen molar-refractivity contribution in [1.29, 1.82) is 0 Å². The Morgan fingerprint density at radius 1 is 0.667 bits per heavy atom. The van der Waals surface area contributed by atoms with E-state index in [-0.39, 0.29) is 11.6 Å². The first-order valence-corrected chi connectivity index (χ1v) is 5.58. The molecule has 0 radical (unpaired) electrons. The monoisotopic (exact) mass is 244 g/mol. The van der Waals surface area contributed by atoms with E-state index in [0.29, 0.717) is 33.2 Å². The lowest BCUT2D eigenvalue weighted by Gasteiger charge is -2.04. The van der Waals surface area contributed by atoms with Gasteiger partial charge < -0.3 is 0 Å². The van der Waals surface area contributed by atoms with Gasteiger partial charge in [0.05, 0.1) is 22.1 Å². The summed E-state index contributed by atoms with van der Waals surface area (Å²) in [7, 11) is 0. The van der Waals surface area contributed by atoms with Crippen molar-refractivity contribution in [3.05, 3.63) is 47.0 Å². The van der Waals surface area contributed by atoms with Gasteiger partial charge >= 0.3 is 0 Å². The van der Waals surface area contributed by atoms with Crippen LogP contribution in [0.3, 0.4) is 0 Å². The zero-order valence-corrected chi connectivity index (χ0v) is 9.96. The van der Waals surface area contributed by atoms with Gasteiger partial charge in [-0.2, -0.15) is 0 Å². The Hall–Kier alpha value is -2.10. The molecule has 0 aliphatic rings. The van der Waals surface area contributed by atoms with E-state index in [4.69, 9.17) is 0 Å². The van der Waals surface area contributed by atoms with Crippen LogP contribution in [0.25, 0.3) is 22.1 Å².